The fraction of sp³-hybridized carbons (Fsp3) is 0.500. The van der Waals surface area contributed by atoms with Gasteiger partial charge in [0.25, 0.3) is 0 Å². The Hall–Kier alpha value is -1.35. The first-order valence-corrected chi connectivity index (χ1v) is 8.79. The molecule has 0 unspecified atom stereocenters. The van der Waals surface area contributed by atoms with Gasteiger partial charge >= 0.3 is 0 Å². The Labute approximate surface area is 115 Å². The summed E-state index contributed by atoms with van der Waals surface area (Å²) < 4.78 is 22.3. The maximum Gasteiger partial charge on any atom is 0.225 e. The van der Waals surface area contributed by atoms with Crippen LogP contribution in [0.15, 0.2) is 11.4 Å². The standard InChI is InChI=1S/C10H15N5O2S2/c1-3-11-10-14-8-7(12-6-13-8)9(15-10)18-4-5-19(2,16)17/h6H,3-5H2,1-2H3,(H2,11,12,13,14,15). The molecule has 19 heavy (non-hydrogen) atoms. The van der Waals surface area contributed by atoms with Crippen LogP contribution < -0.4 is 5.32 Å². The highest BCUT2D eigenvalue weighted by atomic mass is 32.2. The summed E-state index contributed by atoms with van der Waals surface area (Å²) >= 11 is 1.38. The molecule has 0 aliphatic carbocycles. The summed E-state index contributed by atoms with van der Waals surface area (Å²) in [6.45, 7) is 2.66. The first-order valence-electron chi connectivity index (χ1n) is 5.75. The molecule has 0 spiro atoms. The Bertz CT molecular complexity index is 668. The van der Waals surface area contributed by atoms with Crippen LogP contribution in [-0.4, -0.2) is 52.7 Å². The van der Waals surface area contributed by atoms with Crippen LogP contribution in [0.1, 0.15) is 6.92 Å². The monoisotopic (exact) mass is 301 g/mol. The van der Waals surface area contributed by atoms with E-state index < -0.39 is 9.84 Å². The lowest BCUT2D eigenvalue weighted by atomic mass is 10.5. The number of anilines is 1. The molecule has 2 aromatic rings. The first kappa shape index (κ1) is 14.1. The van der Waals surface area contributed by atoms with Crippen molar-refractivity contribution in [3.05, 3.63) is 6.33 Å². The molecule has 0 radical (unpaired) electrons. The van der Waals surface area contributed by atoms with Crippen LogP contribution in [-0.2, 0) is 9.84 Å². The molecule has 2 rings (SSSR count). The molecule has 0 aliphatic heterocycles. The Kier molecular flexibility index (Phi) is 4.25. The van der Waals surface area contributed by atoms with Crippen molar-refractivity contribution in [2.75, 3.05) is 29.6 Å². The highest BCUT2D eigenvalue weighted by Crippen LogP contribution is 2.24. The number of fused-ring (bicyclic) bond motifs is 1. The number of aromatic amines is 1. The Balaban J connectivity index is 2.22. The van der Waals surface area contributed by atoms with Crippen LogP contribution >= 0.6 is 11.8 Å². The second-order valence-electron chi connectivity index (χ2n) is 3.96. The van der Waals surface area contributed by atoms with Crippen molar-refractivity contribution in [1.82, 2.24) is 19.9 Å². The smallest absolute Gasteiger partial charge is 0.225 e. The second kappa shape index (κ2) is 5.74. The first-order chi connectivity index (χ1) is 8.99. The highest BCUT2D eigenvalue weighted by molar-refractivity contribution is 8.00. The Morgan fingerprint density at radius 2 is 2.21 bits per heavy atom. The number of hydrogen-bond donors (Lipinski definition) is 2. The van der Waals surface area contributed by atoms with Gasteiger partial charge in [0.2, 0.25) is 5.95 Å². The number of sulfone groups is 1. The van der Waals surface area contributed by atoms with Gasteiger partial charge in [0, 0.05) is 18.6 Å². The van der Waals surface area contributed by atoms with Gasteiger partial charge in [0.05, 0.1) is 12.1 Å². The average Bonchev–Trinajstić information content (AvgIpc) is 2.76. The molecule has 9 heteroatoms. The van der Waals surface area contributed by atoms with Crippen LogP contribution in [0.25, 0.3) is 11.2 Å². The van der Waals surface area contributed by atoms with Gasteiger partial charge in [0.15, 0.2) is 5.65 Å². The van der Waals surface area contributed by atoms with E-state index in [0.717, 1.165) is 5.52 Å². The number of hydrogen-bond acceptors (Lipinski definition) is 7. The van der Waals surface area contributed by atoms with Gasteiger partial charge in [-0.3, -0.25) is 0 Å². The molecule has 104 valence electrons. The summed E-state index contributed by atoms with van der Waals surface area (Å²) in [6, 6.07) is 0. The predicted octanol–water partition coefficient (Wildman–Crippen LogP) is 0.921. The van der Waals surface area contributed by atoms with Crippen LogP contribution in [0.3, 0.4) is 0 Å². The summed E-state index contributed by atoms with van der Waals surface area (Å²) in [6.07, 6.45) is 2.78. The van der Waals surface area contributed by atoms with Crippen molar-refractivity contribution in [2.45, 2.75) is 11.9 Å². The third kappa shape index (κ3) is 3.80. The summed E-state index contributed by atoms with van der Waals surface area (Å²) in [5.41, 5.74) is 1.31. The molecular formula is C10H15N5O2S2. The lowest BCUT2D eigenvalue weighted by Gasteiger charge is -2.05. The maximum atomic E-state index is 11.1. The Morgan fingerprint density at radius 1 is 1.42 bits per heavy atom. The van der Waals surface area contributed by atoms with Crippen LogP contribution in [0, 0.1) is 0 Å². The summed E-state index contributed by atoms with van der Waals surface area (Å²) in [5.74, 6) is 1.08. The normalized spacial score (nSPS) is 11.9. The zero-order valence-electron chi connectivity index (χ0n) is 10.7. The fourth-order valence-electron chi connectivity index (χ4n) is 1.44. The number of aromatic nitrogens is 4. The fourth-order valence-corrected chi connectivity index (χ4v) is 3.62. The van der Waals surface area contributed by atoms with E-state index in [1.165, 1.54) is 18.0 Å². The summed E-state index contributed by atoms with van der Waals surface area (Å²) in [7, 11) is -2.96. The third-order valence-electron chi connectivity index (χ3n) is 2.28. The van der Waals surface area contributed by atoms with E-state index in [-0.39, 0.29) is 5.75 Å². The average molecular weight is 301 g/mol. The van der Waals surface area contributed by atoms with Gasteiger partial charge in [-0.2, -0.15) is 4.98 Å². The minimum atomic E-state index is -2.96. The molecule has 0 aliphatic rings. The number of imidazole rings is 1. The Morgan fingerprint density at radius 3 is 2.89 bits per heavy atom. The van der Waals surface area contributed by atoms with E-state index in [9.17, 15) is 8.42 Å². The lowest BCUT2D eigenvalue weighted by molar-refractivity contribution is 0.603. The quantitative estimate of drug-likeness (QED) is 0.604. The van der Waals surface area contributed by atoms with Crippen molar-refractivity contribution >= 4 is 38.7 Å². The van der Waals surface area contributed by atoms with Crippen LogP contribution in [0.5, 0.6) is 0 Å². The maximum absolute atomic E-state index is 11.1. The van der Waals surface area contributed by atoms with Gasteiger partial charge in [-0.25, -0.2) is 18.4 Å². The minimum Gasteiger partial charge on any atom is -0.354 e. The molecule has 2 aromatic heterocycles. The molecule has 0 aromatic carbocycles. The topological polar surface area (TPSA) is 101 Å². The van der Waals surface area contributed by atoms with E-state index >= 15 is 0 Å². The van der Waals surface area contributed by atoms with Crippen molar-refractivity contribution < 1.29 is 8.42 Å². The molecule has 7 nitrogen and oxygen atoms in total. The molecule has 0 amide bonds. The van der Waals surface area contributed by atoms with E-state index in [0.29, 0.717) is 28.9 Å². The number of nitrogens with zero attached hydrogens (tertiary/aromatic N) is 3. The van der Waals surface area contributed by atoms with Crippen molar-refractivity contribution in [2.24, 2.45) is 0 Å². The van der Waals surface area contributed by atoms with Crippen molar-refractivity contribution in [3.8, 4) is 0 Å². The van der Waals surface area contributed by atoms with E-state index in [2.05, 4.69) is 25.3 Å². The number of nitrogens with one attached hydrogen (secondary N) is 2. The SMILES string of the molecule is CCNc1nc(SCCS(C)(=O)=O)c2[nH]cnc2n1. The molecule has 0 atom stereocenters. The minimum absolute atomic E-state index is 0.119. The molecule has 0 saturated carbocycles. The molecule has 2 heterocycles. The third-order valence-corrected chi connectivity index (χ3v) is 4.46. The van der Waals surface area contributed by atoms with Gasteiger partial charge < -0.3 is 10.3 Å². The van der Waals surface area contributed by atoms with E-state index in [1.807, 2.05) is 6.92 Å². The van der Waals surface area contributed by atoms with Gasteiger partial charge in [-0.1, -0.05) is 0 Å². The van der Waals surface area contributed by atoms with Gasteiger partial charge in [-0.15, -0.1) is 11.8 Å². The van der Waals surface area contributed by atoms with Crippen LogP contribution in [0.4, 0.5) is 5.95 Å². The van der Waals surface area contributed by atoms with Crippen molar-refractivity contribution in [1.29, 1.82) is 0 Å². The second-order valence-corrected chi connectivity index (χ2v) is 7.31. The lowest BCUT2D eigenvalue weighted by Crippen LogP contribution is -2.06. The largest absolute Gasteiger partial charge is 0.354 e. The van der Waals surface area contributed by atoms with Gasteiger partial charge in [0.1, 0.15) is 20.4 Å². The zero-order valence-corrected chi connectivity index (χ0v) is 12.3. The van der Waals surface area contributed by atoms with Gasteiger partial charge in [-0.05, 0) is 6.92 Å². The predicted molar refractivity (Wildman–Crippen MR) is 76.3 cm³/mol. The number of rotatable bonds is 6. The van der Waals surface area contributed by atoms with Crippen LogP contribution in [0.2, 0.25) is 0 Å². The number of H-pyrrole nitrogens is 1. The van der Waals surface area contributed by atoms with E-state index in [1.54, 1.807) is 6.33 Å². The molecule has 0 saturated heterocycles. The van der Waals surface area contributed by atoms with Crippen molar-refractivity contribution in [3.63, 3.8) is 0 Å². The molecular weight excluding hydrogens is 286 g/mol. The highest BCUT2D eigenvalue weighted by Gasteiger charge is 2.11. The number of thioether (sulfide) groups is 1. The summed E-state index contributed by atoms with van der Waals surface area (Å²) in [5, 5.41) is 3.74. The zero-order chi connectivity index (χ0) is 13.9. The summed E-state index contributed by atoms with van der Waals surface area (Å²) in [4.78, 5) is 15.7. The molecule has 0 fully saturated rings. The molecule has 0 bridgehead atoms. The molecule has 2 N–H and O–H groups in total. The van der Waals surface area contributed by atoms with E-state index in [4.69, 9.17) is 0 Å².